The maximum absolute atomic E-state index is 13.2. The van der Waals surface area contributed by atoms with Gasteiger partial charge >= 0.3 is 0 Å². The van der Waals surface area contributed by atoms with Gasteiger partial charge < -0.3 is 14.9 Å². The van der Waals surface area contributed by atoms with Crippen molar-refractivity contribution in [3.63, 3.8) is 0 Å². The molecule has 8 atom stereocenters. The Balaban J connectivity index is 1.65. The van der Waals surface area contributed by atoms with E-state index in [2.05, 4.69) is 53.7 Å². The molecule has 4 nitrogen and oxygen atoms in total. The Morgan fingerprint density at radius 3 is 2.34 bits per heavy atom. The van der Waals surface area contributed by atoms with Crippen LogP contribution in [0.4, 0.5) is 0 Å². The van der Waals surface area contributed by atoms with Crippen molar-refractivity contribution in [2.24, 2.45) is 45.3 Å². The highest BCUT2D eigenvalue weighted by molar-refractivity contribution is 5.99. The van der Waals surface area contributed by atoms with Gasteiger partial charge in [-0.1, -0.05) is 53.2 Å². The number of ketones is 1. The number of Topliss-reactive ketones (excluding diaryl/α,β-unsaturated/α-hetero) is 1. The third-order valence-electron chi connectivity index (χ3n) is 11.8. The molecule has 0 bridgehead atoms. The van der Waals surface area contributed by atoms with E-state index < -0.39 is 17.1 Å². The minimum Gasteiger partial charge on any atom is -0.493 e. The molecule has 0 aromatic rings. The van der Waals surface area contributed by atoms with Gasteiger partial charge in [-0.2, -0.15) is 0 Å². The Hall–Kier alpha value is -1.13. The normalized spacial score (nSPS) is 42.3. The van der Waals surface area contributed by atoms with Crippen LogP contribution in [0.2, 0.25) is 0 Å². The number of methoxy groups -OCH3 is 1. The summed E-state index contributed by atoms with van der Waals surface area (Å²) in [7, 11) is 1.63. The first-order chi connectivity index (χ1) is 16.0. The number of carbonyl (C=O) groups excluding carboxylic acids is 1. The number of ether oxygens (including phenoxy) is 1. The lowest BCUT2D eigenvalue weighted by molar-refractivity contribution is -0.135. The van der Waals surface area contributed by atoms with Gasteiger partial charge in [0.15, 0.2) is 5.76 Å². The molecule has 4 heteroatoms. The number of hydrogen-bond acceptors (Lipinski definition) is 4. The van der Waals surface area contributed by atoms with Crippen molar-refractivity contribution in [1.82, 2.24) is 0 Å². The minimum atomic E-state index is -1.05. The second-order valence-corrected chi connectivity index (χ2v) is 14.3. The molecule has 198 valence electrons. The van der Waals surface area contributed by atoms with Crippen LogP contribution in [0.5, 0.6) is 0 Å². The van der Waals surface area contributed by atoms with Crippen LogP contribution in [0.3, 0.4) is 0 Å². The van der Waals surface area contributed by atoms with E-state index in [0.29, 0.717) is 35.9 Å². The molecular formula is C31H50O4. The van der Waals surface area contributed by atoms with Gasteiger partial charge in [0.25, 0.3) is 0 Å². The molecule has 0 radical (unpaired) electrons. The van der Waals surface area contributed by atoms with Gasteiger partial charge in [-0.05, 0) is 99.4 Å². The van der Waals surface area contributed by atoms with Gasteiger partial charge in [-0.25, -0.2) is 0 Å². The molecule has 0 aromatic heterocycles. The van der Waals surface area contributed by atoms with Gasteiger partial charge in [0.1, 0.15) is 0 Å². The summed E-state index contributed by atoms with van der Waals surface area (Å²) >= 11 is 0. The molecule has 2 unspecified atom stereocenters. The van der Waals surface area contributed by atoms with E-state index in [0.717, 1.165) is 25.7 Å². The topological polar surface area (TPSA) is 66.8 Å². The van der Waals surface area contributed by atoms with Crippen LogP contribution in [-0.2, 0) is 9.53 Å². The van der Waals surface area contributed by atoms with Crippen molar-refractivity contribution in [2.45, 2.75) is 112 Å². The van der Waals surface area contributed by atoms with Gasteiger partial charge in [0.05, 0.1) is 18.8 Å². The van der Waals surface area contributed by atoms with E-state index in [1.54, 1.807) is 26.5 Å². The largest absolute Gasteiger partial charge is 0.493 e. The zero-order chi connectivity index (χ0) is 26.2. The molecule has 0 heterocycles. The summed E-state index contributed by atoms with van der Waals surface area (Å²) in [5.74, 6) is 2.64. The number of rotatable bonds is 6. The number of carbonyl (C=O) groups is 1. The monoisotopic (exact) mass is 486 g/mol. The predicted molar refractivity (Wildman–Crippen MR) is 141 cm³/mol. The molecule has 4 rings (SSSR count). The van der Waals surface area contributed by atoms with Crippen LogP contribution in [0, 0.1) is 45.3 Å². The zero-order valence-electron chi connectivity index (χ0n) is 23.7. The number of allylic oxidation sites excluding steroid dienone is 4. The second-order valence-electron chi connectivity index (χ2n) is 14.3. The van der Waals surface area contributed by atoms with Crippen molar-refractivity contribution in [2.75, 3.05) is 7.11 Å². The number of aliphatic hydroxyl groups is 2. The highest BCUT2D eigenvalue weighted by atomic mass is 16.5. The summed E-state index contributed by atoms with van der Waals surface area (Å²) in [4.78, 5) is 13.2. The lowest BCUT2D eigenvalue weighted by Gasteiger charge is -2.62. The van der Waals surface area contributed by atoms with E-state index in [-0.39, 0.29) is 22.0 Å². The Morgan fingerprint density at radius 1 is 1.09 bits per heavy atom. The summed E-state index contributed by atoms with van der Waals surface area (Å²) in [6.45, 7) is 17.4. The molecule has 2 saturated carbocycles. The second kappa shape index (κ2) is 8.45. The lowest BCUT2D eigenvalue weighted by atomic mass is 9.42. The Bertz CT molecular complexity index is 923. The fourth-order valence-electron chi connectivity index (χ4n) is 9.30. The first-order valence-corrected chi connectivity index (χ1v) is 14.0. The average molecular weight is 487 g/mol. The molecule has 4 aliphatic rings. The molecule has 2 fully saturated rings. The summed E-state index contributed by atoms with van der Waals surface area (Å²) < 4.78 is 5.63. The van der Waals surface area contributed by atoms with Crippen molar-refractivity contribution in [3.8, 4) is 0 Å². The van der Waals surface area contributed by atoms with Crippen molar-refractivity contribution >= 4 is 5.78 Å². The molecule has 0 amide bonds. The van der Waals surface area contributed by atoms with Crippen LogP contribution < -0.4 is 0 Å². The molecule has 0 saturated heterocycles. The van der Waals surface area contributed by atoms with Gasteiger partial charge in [0, 0.05) is 10.8 Å². The smallest absolute Gasteiger partial charge is 0.202 e. The molecular weight excluding hydrogens is 436 g/mol. The summed E-state index contributed by atoms with van der Waals surface area (Å²) in [5, 5.41) is 20.6. The highest BCUT2D eigenvalue weighted by Gasteiger charge is 2.65. The first kappa shape index (κ1) is 26.9. The van der Waals surface area contributed by atoms with Gasteiger partial charge in [0.2, 0.25) is 5.78 Å². The van der Waals surface area contributed by atoms with Crippen LogP contribution in [0.15, 0.2) is 23.5 Å². The Labute approximate surface area is 213 Å². The molecule has 0 aliphatic heterocycles. The average Bonchev–Trinajstić information content (AvgIpc) is 3.05. The van der Waals surface area contributed by atoms with Gasteiger partial charge in [-0.15, -0.1) is 0 Å². The lowest BCUT2D eigenvalue weighted by Crippen LogP contribution is -2.56. The number of aliphatic hydroxyl groups excluding tert-OH is 1. The van der Waals surface area contributed by atoms with Crippen molar-refractivity contribution < 1.29 is 19.7 Å². The summed E-state index contributed by atoms with van der Waals surface area (Å²) in [5.41, 5.74) is 0.388. The zero-order valence-corrected chi connectivity index (χ0v) is 23.7. The molecule has 35 heavy (non-hydrogen) atoms. The van der Waals surface area contributed by atoms with E-state index in [1.165, 1.54) is 12.8 Å². The molecule has 0 spiro atoms. The first-order valence-electron chi connectivity index (χ1n) is 14.0. The maximum Gasteiger partial charge on any atom is 0.202 e. The SMILES string of the molecule is COC1=C[C@]2(C)C3=CC[C@]4(C)[C@@H]([C@H](C)CC[C@@H](O)C(C)(C)O)CC[C@]4(C)C3CCC2C(C)(C)C1=O. The standard InChI is InChI=1S/C31H50O4/c1-19(10-13-25(32)28(4,5)34)20-14-16-31(8)22-11-12-24-27(2,3)26(33)23(35-9)18-29(24,6)21(22)15-17-30(20,31)7/h15,18-20,22,24-25,32,34H,10-14,16-17H2,1-9H3/t19-,20-,22?,24?,25-,29-,30-,31-/m1/s1. The van der Waals surface area contributed by atoms with Gasteiger partial charge in [-0.3, -0.25) is 4.79 Å². The third kappa shape index (κ3) is 3.79. The Morgan fingerprint density at radius 2 is 1.74 bits per heavy atom. The maximum atomic E-state index is 13.2. The quantitative estimate of drug-likeness (QED) is 0.423. The van der Waals surface area contributed by atoms with E-state index in [4.69, 9.17) is 4.74 Å². The third-order valence-corrected chi connectivity index (χ3v) is 11.8. The number of fused-ring (bicyclic) bond motifs is 5. The predicted octanol–water partition coefficient (Wildman–Crippen LogP) is 6.46. The Kier molecular flexibility index (Phi) is 6.50. The fourth-order valence-corrected chi connectivity index (χ4v) is 9.30. The summed E-state index contributed by atoms with van der Waals surface area (Å²) in [6.07, 6.45) is 11.4. The van der Waals surface area contributed by atoms with Crippen LogP contribution in [-0.4, -0.2) is 34.8 Å². The molecule has 4 aliphatic carbocycles. The highest BCUT2D eigenvalue weighted by Crippen LogP contribution is 2.72. The summed E-state index contributed by atoms with van der Waals surface area (Å²) in [6, 6.07) is 0. The number of hydrogen-bond donors (Lipinski definition) is 2. The van der Waals surface area contributed by atoms with Crippen molar-refractivity contribution in [1.29, 1.82) is 0 Å². The molecule has 2 N–H and O–H groups in total. The van der Waals surface area contributed by atoms with Crippen LogP contribution in [0.25, 0.3) is 0 Å². The van der Waals surface area contributed by atoms with Crippen molar-refractivity contribution in [3.05, 3.63) is 23.5 Å². The van der Waals surface area contributed by atoms with Crippen LogP contribution in [0.1, 0.15) is 100 Å². The van der Waals surface area contributed by atoms with E-state index >= 15 is 0 Å². The van der Waals surface area contributed by atoms with E-state index in [9.17, 15) is 15.0 Å². The van der Waals surface area contributed by atoms with E-state index in [1.807, 2.05) is 0 Å². The fraction of sp³-hybridized carbons (Fsp3) is 0.839. The minimum absolute atomic E-state index is 0.142. The molecule has 0 aromatic carbocycles. The van der Waals surface area contributed by atoms with Crippen LogP contribution >= 0.6 is 0 Å².